The van der Waals surface area contributed by atoms with Crippen molar-refractivity contribution in [2.45, 2.75) is 0 Å². The number of nitrogens with zero attached hydrogens (tertiary/aromatic N) is 2. The number of allylic oxidation sites excluding steroid dienone is 1. The first-order valence-electron chi connectivity index (χ1n) is 6.57. The van der Waals surface area contributed by atoms with Crippen LogP contribution in [0.15, 0.2) is 47.9 Å². The van der Waals surface area contributed by atoms with Crippen molar-refractivity contribution in [3.8, 4) is 0 Å². The van der Waals surface area contributed by atoms with E-state index in [1.54, 1.807) is 0 Å². The molecule has 0 amide bonds. The second kappa shape index (κ2) is 6.86. The fourth-order valence-electron chi connectivity index (χ4n) is 2.04. The van der Waals surface area contributed by atoms with Crippen LogP contribution >= 0.6 is 0 Å². The lowest BCUT2D eigenvalue weighted by atomic mass is 10.1. The zero-order valence-corrected chi connectivity index (χ0v) is 11.3. The van der Waals surface area contributed by atoms with Gasteiger partial charge in [0.15, 0.2) is 5.83 Å². The molecule has 2 rings (SSSR count). The maximum atomic E-state index is 12.8. The van der Waals surface area contributed by atoms with E-state index in [1.165, 1.54) is 5.69 Å². The Kier molecular flexibility index (Phi) is 4.90. The van der Waals surface area contributed by atoms with Gasteiger partial charge in [-0.15, -0.1) is 0 Å². The molecule has 0 atom stereocenters. The van der Waals surface area contributed by atoms with Gasteiger partial charge in [0.2, 0.25) is 0 Å². The Hall–Kier alpha value is -2.14. The van der Waals surface area contributed by atoms with Crippen LogP contribution in [0.1, 0.15) is 5.56 Å². The largest absolute Gasteiger partial charge is 0.402 e. The summed E-state index contributed by atoms with van der Waals surface area (Å²) in [6.07, 6.45) is 1.93. The van der Waals surface area contributed by atoms with Gasteiger partial charge in [-0.3, -0.25) is 4.99 Å². The van der Waals surface area contributed by atoms with E-state index < -0.39 is 5.83 Å². The molecule has 1 aromatic carbocycles. The molecule has 1 aliphatic heterocycles. The molecule has 0 aromatic heterocycles. The molecule has 1 aromatic rings. The zero-order valence-electron chi connectivity index (χ0n) is 11.3. The molecule has 5 heteroatoms. The molecule has 1 fully saturated rings. The summed E-state index contributed by atoms with van der Waals surface area (Å²) < 4.78 is 12.8. The summed E-state index contributed by atoms with van der Waals surface area (Å²) >= 11 is 0. The first-order chi connectivity index (χ1) is 9.70. The molecule has 20 heavy (non-hydrogen) atoms. The molecule has 1 aliphatic rings. The Morgan fingerprint density at radius 3 is 2.55 bits per heavy atom. The van der Waals surface area contributed by atoms with Crippen LogP contribution in [0, 0.1) is 0 Å². The van der Waals surface area contributed by atoms with Gasteiger partial charge in [0, 0.05) is 38.1 Å². The van der Waals surface area contributed by atoms with E-state index >= 15 is 0 Å². The number of piperazine rings is 1. The van der Waals surface area contributed by atoms with Crippen LogP contribution in [0.5, 0.6) is 0 Å². The number of halogens is 1. The van der Waals surface area contributed by atoms with Gasteiger partial charge in [0.1, 0.15) is 0 Å². The van der Waals surface area contributed by atoms with Crippen molar-refractivity contribution in [3.05, 3.63) is 48.4 Å². The van der Waals surface area contributed by atoms with Crippen LogP contribution in [0.4, 0.5) is 10.1 Å². The second-order valence-corrected chi connectivity index (χ2v) is 4.54. The average molecular weight is 274 g/mol. The molecule has 0 unspecified atom stereocenters. The summed E-state index contributed by atoms with van der Waals surface area (Å²) in [6, 6.07) is 7.97. The van der Waals surface area contributed by atoms with E-state index in [4.69, 9.17) is 5.73 Å². The minimum absolute atomic E-state index is 0.508. The van der Waals surface area contributed by atoms with E-state index in [9.17, 15) is 4.39 Å². The number of benzene rings is 1. The smallest absolute Gasteiger partial charge is 0.156 e. The van der Waals surface area contributed by atoms with Crippen molar-refractivity contribution in [1.29, 1.82) is 0 Å². The molecule has 0 spiro atoms. The third-order valence-electron chi connectivity index (χ3n) is 3.19. The number of aliphatic imine (C=N–C) groups is 1. The van der Waals surface area contributed by atoms with Crippen LogP contribution in [-0.4, -0.2) is 32.4 Å². The average Bonchev–Trinajstić information content (AvgIpc) is 2.53. The fraction of sp³-hybridized carbons (Fsp3) is 0.267. The quantitative estimate of drug-likeness (QED) is 0.825. The van der Waals surface area contributed by atoms with E-state index in [-0.39, 0.29) is 0 Å². The van der Waals surface area contributed by atoms with E-state index in [2.05, 4.69) is 21.8 Å². The summed E-state index contributed by atoms with van der Waals surface area (Å²) in [4.78, 5) is 6.26. The number of rotatable bonds is 4. The molecule has 0 bridgehead atoms. The predicted molar refractivity (Wildman–Crippen MR) is 82.4 cm³/mol. The Balaban J connectivity index is 2.04. The lowest BCUT2D eigenvalue weighted by Gasteiger charge is -2.29. The van der Waals surface area contributed by atoms with Gasteiger partial charge in [-0.05, 0) is 17.7 Å². The van der Waals surface area contributed by atoms with Crippen molar-refractivity contribution in [2.75, 3.05) is 31.1 Å². The molecule has 0 saturated carbocycles. The first-order valence-corrected chi connectivity index (χ1v) is 6.57. The lowest BCUT2D eigenvalue weighted by Crippen LogP contribution is -2.43. The highest BCUT2D eigenvalue weighted by Crippen LogP contribution is 2.20. The highest BCUT2D eigenvalue weighted by atomic mass is 19.1. The van der Waals surface area contributed by atoms with Gasteiger partial charge >= 0.3 is 0 Å². The standard InChI is InChI=1S/C15H19FN4/c1-12(19-11-14(16)10-17)13-2-4-15(5-3-13)20-8-6-18-7-9-20/h2-5,10-11,18H,1,6-9,17H2/b14-10+,19-11?. The van der Waals surface area contributed by atoms with Crippen LogP contribution in [0.3, 0.4) is 0 Å². The lowest BCUT2D eigenvalue weighted by molar-refractivity contribution is 0.589. The highest BCUT2D eigenvalue weighted by Gasteiger charge is 2.10. The first kappa shape index (κ1) is 14.3. The van der Waals surface area contributed by atoms with Crippen molar-refractivity contribution in [2.24, 2.45) is 10.7 Å². The van der Waals surface area contributed by atoms with Gasteiger partial charge in [-0.2, -0.15) is 0 Å². The summed E-state index contributed by atoms with van der Waals surface area (Å²) in [5, 5.41) is 3.32. The summed E-state index contributed by atoms with van der Waals surface area (Å²) in [7, 11) is 0. The van der Waals surface area contributed by atoms with Gasteiger partial charge in [0.05, 0.1) is 11.9 Å². The molecule has 4 nitrogen and oxygen atoms in total. The van der Waals surface area contributed by atoms with Gasteiger partial charge in [-0.1, -0.05) is 18.7 Å². The third kappa shape index (κ3) is 3.68. The van der Waals surface area contributed by atoms with E-state index in [1.807, 2.05) is 24.3 Å². The minimum atomic E-state index is -0.580. The van der Waals surface area contributed by atoms with Gasteiger partial charge < -0.3 is 16.0 Å². The van der Waals surface area contributed by atoms with E-state index in [0.717, 1.165) is 44.2 Å². The molecular weight excluding hydrogens is 255 g/mol. The SMILES string of the molecule is C=C(N=C/C(F)=C\N)c1ccc(N2CCNCC2)cc1. The van der Waals surface area contributed by atoms with Crippen molar-refractivity contribution in [1.82, 2.24) is 5.32 Å². The van der Waals surface area contributed by atoms with Crippen LogP contribution < -0.4 is 16.0 Å². The molecule has 1 saturated heterocycles. The predicted octanol–water partition coefficient (Wildman–Crippen LogP) is 1.91. The molecular formula is C15H19FN4. The monoisotopic (exact) mass is 274 g/mol. The number of nitrogens with two attached hydrogens (primary N) is 1. The normalized spacial score (nSPS) is 16.6. The maximum Gasteiger partial charge on any atom is 0.156 e. The molecule has 3 N–H and O–H groups in total. The third-order valence-corrected chi connectivity index (χ3v) is 3.19. The molecule has 0 radical (unpaired) electrons. The highest BCUT2D eigenvalue weighted by molar-refractivity contribution is 5.82. The van der Waals surface area contributed by atoms with Crippen molar-refractivity contribution in [3.63, 3.8) is 0 Å². The van der Waals surface area contributed by atoms with Crippen LogP contribution in [-0.2, 0) is 0 Å². The van der Waals surface area contributed by atoms with Crippen LogP contribution in [0.2, 0.25) is 0 Å². The Morgan fingerprint density at radius 1 is 1.30 bits per heavy atom. The fourth-order valence-corrected chi connectivity index (χ4v) is 2.04. The number of anilines is 1. The molecule has 0 aliphatic carbocycles. The van der Waals surface area contributed by atoms with E-state index in [0.29, 0.717) is 5.70 Å². The van der Waals surface area contributed by atoms with Crippen molar-refractivity contribution >= 4 is 17.6 Å². The number of hydrogen-bond acceptors (Lipinski definition) is 4. The molecule has 1 heterocycles. The Bertz CT molecular complexity index is 513. The number of nitrogens with one attached hydrogen (secondary N) is 1. The maximum absolute atomic E-state index is 12.8. The zero-order chi connectivity index (χ0) is 14.4. The second-order valence-electron chi connectivity index (χ2n) is 4.54. The topological polar surface area (TPSA) is 53.6 Å². The summed E-state index contributed by atoms with van der Waals surface area (Å²) in [5.41, 5.74) is 7.59. The van der Waals surface area contributed by atoms with Crippen molar-refractivity contribution < 1.29 is 4.39 Å². The van der Waals surface area contributed by atoms with Gasteiger partial charge in [-0.25, -0.2) is 4.39 Å². The Labute approximate surface area is 118 Å². The van der Waals surface area contributed by atoms with Gasteiger partial charge in [0.25, 0.3) is 0 Å². The summed E-state index contributed by atoms with van der Waals surface area (Å²) in [5.74, 6) is -0.580. The van der Waals surface area contributed by atoms with Crippen LogP contribution in [0.25, 0.3) is 5.70 Å². The molecule has 106 valence electrons. The summed E-state index contributed by atoms with van der Waals surface area (Å²) in [6.45, 7) is 7.83. The number of hydrogen-bond donors (Lipinski definition) is 2. The minimum Gasteiger partial charge on any atom is -0.402 e. The Morgan fingerprint density at radius 2 is 1.95 bits per heavy atom.